The molecule has 196 valence electrons. The minimum Gasteiger partial charge on any atom is -0.478 e. The van der Waals surface area contributed by atoms with Crippen LogP contribution < -0.4 is 0 Å². The van der Waals surface area contributed by atoms with Gasteiger partial charge in [0.05, 0.1) is 23.0 Å². The first-order chi connectivity index (χ1) is 17.8. The number of likely N-dealkylation sites (tertiary alicyclic amines) is 1. The van der Waals surface area contributed by atoms with Crippen molar-refractivity contribution in [1.29, 1.82) is 0 Å². The monoisotopic (exact) mass is 561 g/mol. The molecule has 2 aromatic carbocycles. The van der Waals surface area contributed by atoms with Crippen LogP contribution in [0.25, 0.3) is 0 Å². The van der Waals surface area contributed by atoms with Crippen molar-refractivity contribution in [3.8, 4) is 0 Å². The van der Waals surface area contributed by atoms with E-state index in [1.165, 1.54) is 45.3 Å². The zero-order valence-electron chi connectivity index (χ0n) is 20.3. The number of carbonyl (C=O) groups is 2. The molecule has 0 unspecified atom stereocenters. The largest absolute Gasteiger partial charge is 0.478 e. The Kier molecular flexibility index (Phi) is 11.7. The van der Waals surface area contributed by atoms with E-state index < -0.39 is 11.9 Å². The van der Waals surface area contributed by atoms with Gasteiger partial charge in [0.2, 0.25) is 0 Å². The molecule has 0 spiro atoms. The highest BCUT2D eigenvalue weighted by Crippen LogP contribution is 2.31. The first-order valence-corrected chi connectivity index (χ1v) is 13.7. The van der Waals surface area contributed by atoms with E-state index in [9.17, 15) is 9.59 Å². The molecule has 0 radical (unpaired) electrons. The van der Waals surface area contributed by atoms with Crippen LogP contribution in [0.1, 0.15) is 36.8 Å². The lowest BCUT2D eigenvalue weighted by Crippen LogP contribution is -2.30. The molecule has 0 aliphatic carbocycles. The molecule has 2 N–H and O–H groups in total. The van der Waals surface area contributed by atoms with Gasteiger partial charge in [-0.05, 0) is 63.2 Å². The normalized spacial score (nSPS) is 15.6. The molecule has 2 aromatic rings. The van der Waals surface area contributed by atoms with Crippen molar-refractivity contribution in [2.75, 3.05) is 31.9 Å². The Morgan fingerprint density at radius 2 is 1.68 bits per heavy atom. The van der Waals surface area contributed by atoms with E-state index in [-0.39, 0.29) is 0 Å². The maximum Gasteiger partial charge on any atom is 0.328 e. The summed E-state index contributed by atoms with van der Waals surface area (Å²) < 4.78 is 0. The predicted molar refractivity (Wildman–Crippen MR) is 152 cm³/mol. The van der Waals surface area contributed by atoms with E-state index in [1.807, 2.05) is 54.2 Å². The fourth-order valence-corrected chi connectivity index (χ4v) is 5.19. The molecule has 37 heavy (non-hydrogen) atoms. The van der Waals surface area contributed by atoms with Gasteiger partial charge in [0.15, 0.2) is 0 Å². The molecular weight excluding hydrogens is 533 g/mol. The number of nitrogens with zero attached hydrogens (tertiary/aromatic N) is 3. The number of aliphatic carboxylic acids is 2. The van der Waals surface area contributed by atoms with Crippen LogP contribution in [-0.4, -0.2) is 69.7 Å². The molecule has 2 aliphatic rings. The smallest absolute Gasteiger partial charge is 0.328 e. The first kappa shape index (κ1) is 28.9. The molecule has 0 bridgehead atoms. The van der Waals surface area contributed by atoms with Crippen LogP contribution in [0, 0.1) is 0 Å². The second-order valence-corrected chi connectivity index (χ2v) is 10.4. The minimum atomic E-state index is -1.26. The van der Waals surface area contributed by atoms with Crippen LogP contribution in [0.5, 0.6) is 0 Å². The van der Waals surface area contributed by atoms with E-state index in [0.717, 1.165) is 33.3 Å². The quantitative estimate of drug-likeness (QED) is 0.308. The standard InChI is InChI=1S/C23H25Cl2N3S.C4H4O4/c24-17-9-10-21-19(15-17)23(18-7-2-3-8-20(18)25)26-16-22(27-21)29-14-6-13-28-11-4-1-5-12-28;5-3(6)1-2-4(7)8/h2-3,7-10,15H,1,4-6,11-14,16H2;1-2H,(H,5,6)(H,7,8). The van der Waals surface area contributed by atoms with Crippen LogP contribution in [-0.2, 0) is 9.59 Å². The van der Waals surface area contributed by atoms with Gasteiger partial charge in [0.25, 0.3) is 0 Å². The molecule has 7 nitrogen and oxygen atoms in total. The third kappa shape index (κ3) is 9.63. The molecule has 0 aromatic heterocycles. The second-order valence-electron chi connectivity index (χ2n) is 8.43. The van der Waals surface area contributed by atoms with Crippen LogP contribution >= 0.6 is 35.0 Å². The lowest BCUT2D eigenvalue weighted by molar-refractivity contribution is -0.134. The number of fused-ring (bicyclic) bond motifs is 1. The zero-order chi connectivity index (χ0) is 26.6. The molecule has 1 saturated heterocycles. The molecule has 2 aliphatic heterocycles. The van der Waals surface area contributed by atoms with Gasteiger partial charge in [0, 0.05) is 39.1 Å². The highest BCUT2D eigenvalue weighted by Gasteiger charge is 2.19. The Balaban J connectivity index is 0.000000414. The fourth-order valence-electron chi connectivity index (χ4n) is 3.96. The minimum absolute atomic E-state index is 0.558. The molecule has 1 fully saturated rings. The van der Waals surface area contributed by atoms with E-state index >= 15 is 0 Å². The van der Waals surface area contributed by atoms with Crippen molar-refractivity contribution in [1.82, 2.24) is 4.90 Å². The second kappa shape index (κ2) is 14.9. The third-order valence-corrected chi connectivity index (χ3v) is 7.28. The fraction of sp³-hybridized carbons (Fsp3) is 0.333. The summed E-state index contributed by atoms with van der Waals surface area (Å²) in [6.07, 6.45) is 6.37. The van der Waals surface area contributed by atoms with Gasteiger partial charge in [-0.15, -0.1) is 11.8 Å². The highest BCUT2D eigenvalue weighted by molar-refractivity contribution is 8.14. The summed E-state index contributed by atoms with van der Waals surface area (Å²) in [4.78, 5) is 31.5. The summed E-state index contributed by atoms with van der Waals surface area (Å²) in [6, 6.07) is 13.6. The number of hydrogen-bond acceptors (Lipinski definition) is 6. The predicted octanol–water partition coefficient (Wildman–Crippen LogP) is 6.20. The lowest BCUT2D eigenvalue weighted by atomic mass is 10.0. The number of halogens is 2. The summed E-state index contributed by atoms with van der Waals surface area (Å²) in [5.41, 5.74) is 3.63. The molecule has 0 amide bonds. The van der Waals surface area contributed by atoms with Gasteiger partial charge in [0.1, 0.15) is 0 Å². The van der Waals surface area contributed by atoms with Crippen LogP contribution in [0.2, 0.25) is 10.0 Å². The Morgan fingerprint density at radius 3 is 2.35 bits per heavy atom. The first-order valence-electron chi connectivity index (χ1n) is 12.0. The Bertz CT molecular complexity index is 1180. The van der Waals surface area contributed by atoms with Crippen LogP contribution in [0.15, 0.2) is 64.6 Å². The molecule has 2 heterocycles. The number of hydrogen-bond donors (Lipinski definition) is 2. The number of aliphatic imine (C=N–C) groups is 2. The number of carboxylic acids is 2. The Morgan fingerprint density at radius 1 is 0.973 bits per heavy atom. The Hall–Kier alpha value is -2.65. The average Bonchev–Trinajstić information content (AvgIpc) is 3.06. The van der Waals surface area contributed by atoms with Gasteiger partial charge >= 0.3 is 11.9 Å². The van der Waals surface area contributed by atoms with Crippen molar-refractivity contribution < 1.29 is 19.8 Å². The van der Waals surface area contributed by atoms with Crippen LogP contribution in [0.4, 0.5) is 5.69 Å². The maximum atomic E-state index is 9.55. The molecule has 10 heteroatoms. The number of thioether (sulfide) groups is 1. The van der Waals surface area contributed by atoms with E-state index in [0.29, 0.717) is 28.7 Å². The van der Waals surface area contributed by atoms with Crippen molar-refractivity contribution >= 4 is 63.3 Å². The van der Waals surface area contributed by atoms with Gasteiger partial charge in [-0.25, -0.2) is 14.6 Å². The zero-order valence-corrected chi connectivity index (χ0v) is 22.6. The van der Waals surface area contributed by atoms with Crippen molar-refractivity contribution in [3.05, 3.63) is 75.8 Å². The highest BCUT2D eigenvalue weighted by atomic mass is 35.5. The summed E-state index contributed by atoms with van der Waals surface area (Å²) in [6.45, 7) is 4.26. The van der Waals surface area contributed by atoms with Crippen LogP contribution in [0.3, 0.4) is 0 Å². The SMILES string of the molecule is Clc1ccc2c(c1)C(c1ccccc1Cl)=NCC(SCCCN1CCCCC1)=N2.O=C(O)C=CC(=O)O. The van der Waals surface area contributed by atoms with Crippen molar-refractivity contribution in [2.24, 2.45) is 9.98 Å². The van der Waals surface area contributed by atoms with Gasteiger partial charge < -0.3 is 15.1 Å². The lowest BCUT2D eigenvalue weighted by Gasteiger charge is -2.26. The number of rotatable bonds is 7. The summed E-state index contributed by atoms with van der Waals surface area (Å²) >= 11 is 14.6. The molecular formula is C27H29Cl2N3O4S. The van der Waals surface area contributed by atoms with E-state index in [1.54, 1.807) is 0 Å². The summed E-state index contributed by atoms with van der Waals surface area (Å²) in [5, 5.41) is 18.0. The van der Waals surface area contributed by atoms with Gasteiger partial charge in [-0.3, -0.25) is 4.99 Å². The van der Waals surface area contributed by atoms with Gasteiger partial charge in [-0.2, -0.15) is 0 Å². The Labute approximate surface area is 230 Å². The van der Waals surface area contributed by atoms with E-state index in [4.69, 9.17) is 43.4 Å². The average molecular weight is 563 g/mol. The molecule has 0 saturated carbocycles. The summed E-state index contributed by atoms with van der Waals surface area (Å²) in [5.74, 6) is -1.45. The number of benzene rings is 2. The molecule has 0 atom stereocenters. The number of carboxylic acid groups (broad SMARTS) is 2. The topological polar surface area (TPSA) is 103 Å². The maximum absolute atomic E-state index is 9.55. The summed E-state index contributed by atoms with van der Waals surface area (Å²) in [7, 11) is 0. The third-order valence-electron chi connectivity index (χ3n) is 5.66. The van der Waals surface area contributed by atoms with Crippen molar-refractivity contribution in [3.63, 3.8) is 0 Å². The van der Waals surface area contributed by atoms with Crippen molar-refractivity contribution in [2.45, 2.75) is 25.7 Å². The number of piperidine rings is 1. The van der Waals surface area contributed by atoms with Gasteiger partial charge in [-0.1, -0.05) is 47.8 Å². The van der Waals surface area contributed by atoms with E-state index in [2.05, 4.69) is 4.90 Å². The molecule has 4 rings (SSSR count).